The number of phenolic OH excluding ortho intramolecular Hbond substituents is 2. The monoisotopic (exact) mass is 350 g/mol. The number of aromatic nitrogens is 1. The molecule has 0 spiro atoms. The molecule has 0 unspecified atom stereocenters. The number of anilines is 1. The van der Waals surface area contributed by atoms with E-state index in [4.69, 9.17) is 4.74 Å². The summed E-state index contributed by atoms with van der Waals surface area (Å²) in [5, 5.41) is 22.0. The lowest BCUT2D eigenvalue weighted by molar-refractivity contribution is -0.115. The Hall–Kier alpha value is -3.54. The van der Waals surface area contributed by atoms with Crippen LogP contribution in [0.3, 0.4) is 0 Å². The Bertz CT molecular complexity index is 941. The van der Waals surface area contributed by atoms with E-state index in [1.807, 2.05) is 6.07 Å². The highest BCUT2D eigenvalue weighted by Crippen LogP contribution is 2.27. The zero-order valence-corrected chi connectivity index (χ0v) is 14.1. The van der Waals surface area contributed by atoms with Crippen molar-refractivity contribution in [1.82, 2.24) is 4.98 Å². The van der Waals surface area contributed by atoms with Crippen LogP contribution in [0.15, 0.2) is 60.8 Å². The first kappa shape index (κ1) is 17.3. The second-order valence-corrected chi connectivity index (χ2v) is 5.71. The number of carbonyl (C=O) groups is 1. The van der Waals surface area contributed by atoms with Gasteiger partial charge >= 0.3 is 0 Å². The second kappa shape index (κ2) is 7.57. The summed E-state index contributed by atoms with van der Waals surface area (Å²) >= 11 is 0. The Morgan fingerprint density at radius 2 is 1.96 bits per heavy atom. The van der Waals surface area contributed by atoms with Crippen molar-refractivity contribution in [1.29, 1.82) is 0 Å². The molecule has 132 valence electrons. The molecule has 0 bridgehead atoms. The Kier molecular flexibility index (Phi) is 5.03. The van der Waals surface area contributed by atoms with Gasteiger partial charge in [0.25, 0.3) is 0 Å². The molecule has 1 aromatic heterocycles. The molecular formula is C20H18N2O4. The maximum Gasteiger partial charge on any atom is 0.228 e. The van der Waals surface area contributed by atoms with Crippen molar-refractivity contribution in [2.45, 2.75) is 6.42 Å². The van der Waals surface area contributed by atoms with Crippen LogP contribution in [0.5, 0.6) is 17.2 Å². The van der Waals surface area contributed by atoms with Crippen molar-refractivity contribution in [3.8, 4) is 28.5 Å². The zero-order chi connectivity index (χ0) is 18.5. The van der Waals surface area contributed by atoms with E-state index in [-0.39, 0.29) is 23.8 Å². The topological polar surface area (TPSA) is 91.7 Å². The average molecular weight is 350 g/mol. The quantitative estimate of drug-likeness (QED) is 0.656. The van der Waals surface area contributed by atoms with Crippen LogP contribution in [-0.2, 0) is 11.2 Å². The molecule has 3 aromatic rings. The number of nitrogens with zero attached hydrogens (tertiary/aromatic N) is 1. The lowest BCUT2D eigenvalue weighted by atomic mass is 10.1. The summed E-state index contributed by atoms with van der Waals surface area (Å²) in [4.78, 5) is 16.6. The number of benzene rings is 2. The van der Waals surface area contributed by atoms with Gasteiger partial charge in [-0.1, -0.05) is 18.2 Å². The van der Waals surface area contributed by atoms with E-state index in [2.05, 4.69) is 10.3 Å². The molecule has 0 aliphatic carbocycles. The van der Waals surface area contributed by atoms with Gasteiger partial charge in [0.1, 0.15) is 5.75 Å². The summed E-state index contributed by atoms with van der Waals surface area (Å²) in [5.74, 6) is 0.303. The highest BCUT2D eigenvalue weighted by molar-refractivity contribution is 5.92. The number of rotatable bonds is 5. The lowest BCUT2D eigenvalue weighted by Gasteiger charge is -2.09. The van der Waals surface area contributed by atoms with Crippen LogP contribution in [0.2, 0.25) is 0 Å². The molecule has 6 nitrogen and oxygen atoms in total. The van der Waals surface area contributed by atoms with E-state index in [1.165, 1.54) is 13.2 Å². The van der Waals surface area contributed by atoms with Crippen molar-refractivity contribution in [3.05, 3.63) is 66.4 Å². The van der Waals surface area contributed by atoms with Gasteiger partial charge in [-0.2, -0.15) is 0 Å². The summed E-state index contributed by atoms with van der Waals surface area (Å²) < 4.78 is 5.05. The molecule has 0 radical (unpaired) electrons. The lowest BCUT2D eigenvalue weighted by Crippen LogP contribution is -2.14. The standard InChI is InChI=1S/C20H18N2O4/c1-26-19-9-13(5-6-18(19)24)10-20(25)22-15-7-8-21-17(12-15)14-3-2-4-16(23)11-14/h2-9,11-12,23-24H,10H2,1H3,(H,21,22,25). The molecular weight excluding hydrogens is 332 g/mol. The normalized spacial score (nSPS) is 10.3. The molecule has 0 saturated heterocycles. The molecule has 0 atom stereocenters. The Morgan fingerprint density at radius 3 is 2.73 bits per heavy atom. The minimum absolute atomic E-state index is 0.0292. The Morgan fingerprint density at radius 1 is 1.12 bits per heavy atom. The number of carbonyl (C=O) groups excluding carboxylic acids is 1. The minimum Gasteiger partial charge on any atom is -0.508 e. The van der Waals surface area contributed by atoms with Crippen LogP contribution >= 0.6 is 0 Å². The van der Waals surface area contributed by atoms with Gasteiger partial charge in [0.2, 0.25) is 5.91 Å². The number of hydrogen-bond acceptors (Lipinski definition) is 5. The third kappa shape index (κ3) is 4.10. The maximum absolute atomic E-state index is 12.3. The van der Waals surface area contributed by atoms with Crippen LogP contribution in [0.1, 0.15) is 5.56 Å². The van der Waals surface area contributed by atoms with Crippen LogP contribution in [0.25, 0.3) is 11.3 Å². The number of methoxy groups -OCH3 is 1. The molecule has 1 amide bonds. The summed E-state index contributed by atoms with van der Waals surface area (Å²) in [5.41, 5.74) is 2.72. The number of aromatic hydroxyl groups is 2. The van der Waals surface area contributed by atoms with E-state index in [0.717, 1.165) is 11.1 Å². The molecule has 26 heavy (non-hydrogen) atoms. The van der Waals surface area contributed by atoms with Crippen LogP contribution in [0, 0.1) is 0 Å². The van der Waals surface area contributed by atoms with Gasteiger partial charge in [-0.25, -0.2) is 0 Å². The predicted octanol–water partition coefficient (Wildman–Crippen LogP) is 3.35. The number of hydrogen-bond donors (Lipinski definition) is 3. The highest BCUT2D eigenvalue weighted by atomic mass is 16.5. The number of pyridine rings is 1. The highest BCUT2D eigenvalue weighted by Gasteiger charge is 2.09. The van der Waals surface area contributed by atoms with Crippen molar-refractivity contribution < 1.29 is 19.7 Å². The fraction of sp³-hybridized carbons (Fsp3) is 0.100. The van der Waals surface area contributed by atoms with Crippen LogP contribution in [-0.4, -0.2) is 28.2 Å². The van der Waals surface area contributed by atoms with Gasteiger partial charge in [-0.3, -0.25) is 9.78 Å². The van der Waals surface area contributed by atoms with Crippen molar-refractivity contribution in [3.63, 3.8) is 0 Å². The maximum atomic E-state index is 12.3. The SMILES string of the molecule is COc1cc(CC(=O)Nc2ccnc(-c3cccc(O)c3)c2)ccc1O. The first-order valence-electron chi connectivity index (χ1n) is 7.96. The molecule has 1 heterocycles. The zero-order valence-electron chi connectivity index (χ0n) is 14.1. The molecule has 0 aliphatic heterocycles. The fourth-order valence-corrected chi connectivity index (χ4v) is 2.55. The molecule has 6 heteroatoms. The Balaban J connectivity index is 1.73. The van der Waals surface area contributed by atoms with E-state index < -0.39 is 0 Å². The summed E-state index contributed by atoms with van der Waals surface area (Å²) in [7, 11) is 1.46. The van der Waals surface area contributed by atoms with Gasteiger partial charge in [0, 0.05) is 17.4 Å². The van der Waals surface area contributed by atoms with Gasteiger partial charge in [0.15, 0.2) is 11.5 Å². The average Bonchev–Trinajstić information content (AvgIpc) is 2.63. The third-order valence-corrected chi connectivity index (χ3v) is 3.79. The Labute approximate surface area is 150 Å². The number of nitrogens with one attached hydrogen (secondary N) is 1. The molecule has 0 saturated carbocycles. The van der Waals surface area contributed by atoms with Gasteiger partial charge in [-0.05, 0) is 42.0 Å². The number of ether oxygens (including phenoxy) is 1. The second-order valence-electron chi connectivity index (χ2n) is 5.71. The molecule has 2 aromatic carbocycles. The molecule has 0 fully saturated rings. The van der Waals surface area contributed by atoms with E-state index in [9.17, 15) is 15.0 Å². The van der Waals surface area contributed by atoms with Crippen LogP contribution < -0.4 is 10.1 Å². The summed E-state index contributed by atoms with van der Waals surface area (Å²) in [6, 6.07) is 15.0. The van der Waals surface area contributed by atoms with Crippen molar-refractivity contribution in [2.75, 3.05) is 12.4 Å². The predicted molar refractivity (Wildman–Crippen MR) is 98.3 cm³/mol. The molecule has 3 N–H and O–H groups in total. The summed E-state index contributed by atoms with van der Waals surface area (Å²) in [6.45, 7) is 0. The number of phenols is 2. The minimum atomic E-state index is -0.203. The molecule has 3 rings (SSSR count). The smallest absolute Gasteiger partial charge is 0.228 e. The van der Waals surface area contributed by atoms with Gasteiger partial charge < -0.3 is 20.3 Å². The van der Waals surface area contributed by atoms with Crippen molar-refractivity contribution in [2.24, 2.45) is 0 Å². The van der Waals surface area contributed by atoms with Gasteiger partial charge in [0.05, 0.1) is 19.2 Å². The number of amides is 1. The fourth-order valence-electron chi connectivity index (χ4n) is 2.55. The first-order chi connectivity index (χ1) is 12.5. The van der Waals surface area contributed by atoms with Crippen molar-refractivity contribution >= 4 is 11.6 Å². The van der Waals surface area contributed by atoms with Gasteiger partial charge in [-0.15, -0.1) is 0 Å². The molecule has 0 aliphatic rings. The van der Waals surface area contributed by atoms with E-state index in [0.29, 0.717) is 17.1 Å². The summed E-state index contributed by atoms with van der Waals surface area (Å²) in [6.07, 6.45) is 1.74. The third-order valence-electron chi connectivity index (χ3n) is 3.79. The van der Waals surface area contributed by atoms with E-state index >= 15 is 0 Å². The van der Waals surface area contributed by atoms with E-state index in [1.54, 1.807) is 48.7 Å². The largest absolute Gasteiger partial charge is 0.508 e. The van der Waals surface area contributed by atoms with Crippen LogP contribution in [0.4, 0.5) is 5.69 Å². The first-order valence-corrected chi connectivity index (χ1v) is 7.96.